The first-order valence-corrected chi connectivity index (χ1v) is 5.25. The van der Waals surface area contributed by atoms with Crippen LogP contribution in [0.25, 0.3) is 0 Å². The SMILES string of the molecule is OC(c1cscn1)c1ccc(F)c(F)c1F. The van der Waals surface area contributed by atoms with Crippen LogP contribution in [0.4, 0.5) is 13.2 Å². The van der Waals surface area contributed by atoms with Crippen LogP contribution in [0.3, 0.4) is 0 Å². The second-order valence-corrected chi connectivity index (χ2v) is 3.80. The van der Waals surface area contributed by atoms with Gasteiger partial charge in [0.1, 0.15) is 6.10 Å². The minimum Gasteiger partial charge on any atom is -0.382 e. The Morgan fingerprint density at radius 1 is 1.19 bits per heavy atom. The van der Waals surface area contributed by atoms with Crippen LogP contribution in [0.15, 0.2) is 23.0 Å². The maximum absolute atomic E-state index is 13.3. The Kier molecular flexibility index (Phi) is 2.93. The number of hydrogen-bond donors (Lipinski definition) is 1. The number of nitrogens with zero attached hydrogens (tertiary/aromatic N) is 1. The summed E-state index contributed by atoms with van der Waals surface area (Å²) in [5.41, 5.74) is 1.33. The van der Waals surface area contributed by atoms with Gasteiger partial charge in [0.25, 0.3) is 0 Å². The van der Waals surface area contributed by atoms with Gasteiger partial charge in [-0.3, -0.25) is 0 Å². The van der Waals surface area contributed by atoms with E-state index >= 15 is 0 Å². The Balaban J connectivity index is 2.45. The molecule has 1 N–H and O–H groups in total. The first-order chi connectivity index (χ1) is 7.61. The molecule has 0 saturated heterocycles. The summed E-state index contributed by atoms with van der Waals surface area (Å²) in [5.74, 6) is -4.26. The van der Waals surface area contributed by atoms with E-state index in [1.807, 2.05) is 0 Å². The third kappa shape index (κ3) is 1.81. The summed E-state index contributed by atoms with van der Waals surface area (Å²) in [6.07, 6.45) is -1.39. The Labute approximate surface area is 93.0 Å². The van der Waals surface area contributed by atoms with E-state index in [-0.39, 0.29) is 11.3 Å². The van der Waals surface area contributed by atoms with Crippen LogP contribution < -0.4 is 0 Å². The van der Waals surface area contributed by atoms with Crippen LogP contribution in [0, 0.1) is 17.5 Å². The third-order valence-corrected chi connectivity index (χ3v) is 2.70. The highest BCUT2D eigenvalue weighted by atomic mass is 32.1. The van der Waals surface area contributed by atoms with Gasteiger partial charge >= 0.3 is 0 Å². The summed E-state index contributed by atoms with van der Waals surface area (Å²) in [5, 5.41) is 11.2. The zero-order chi connectivity index (χ0) is 11.7. The Hall–Kier alpha value is -1.40. The van der Waals surface area contributed by atoms with Crippen molar-refractivity contribution in [2.75, 3.05) is 0 Å². The highest BCUT2D eigenvalue weighted by Crippen LogP contribution is 2.26. The monoisotopic (exact) mass is 245 g/mol. The number of aliphatic hydroxyl groups is 1. The predicted molar refractivity (Wildman–Crippen MR) is 52.5 cm³/mol. The molecule has 1 aromatic heterocycles. The quantitative estimate of drug-likeness (QED) is 0.825. The van der Waals surface area contributed by atoms with Crippen molar-refractivity contribution in [3.05, 3.63) is 51.7 Å². The molecule has 0 saturated carbocycles. The van der Waals surface area contributed by atoms with Crippen LogP contribution in [-0.4, -0.2) is 10.1 Å². The molecule has 0 radical (unpaired) electrons. The fourth-order valence-corrected chi connectivity index (χ4v) is 1.84. The zero-order valence-electron chi connectivity index (χ0n) is 7.82. The molecule has 1 unspecified atom stereocenters. The van der Waals surface area contributed by atoms with E-state index in [9.17, 15) is 18.3 Å². The Morgan fingerprint density at radius 2 is 1.94 bits per heavy atom. The lowest BCUT2D eigenvalue weighted by Gasteiger charge is -2.09. The van der Waals surface area contributed by atoms with Gasteiger partial charge in [0.05, 0.1) is 11.2 Å². The van der Waals surface area contributed by atoms with Crippen molar-refractivity contribution in [1.82, 2.24) is 4.98 Å². The van der Waals surface area contributed by atoms with Gasteiger partial charge in [0.15, 0.2) is 17.5 Å². The van der Waals surface area contributed by atoms with Gasteiger partial charge in [-0.25, -0.2) is 18.2 Å². The van der Waals surface area contributed by atoms with Gasteiger partial charge in [-0.2, -0.15) is 0 Å². The second-order valence-electron chi connectivity index (χ2n) is 3.08. The van der Waals surface area contributed by atoms with E-state index in [4.69, 9.17) is 0 Å². The second kappa shape index (κ2) is 4.23. The molecule has 0 spiro atoms. The van der Waals surface area contributed by atoms with E-state index in [1.54, 1.807) is 0 Å². The predicted octanol–water partition coefficient (Wildman–Crippen LogP) is 2.64. The molecule has 0 fully saturated rings. The van der Waals surface area contributed by atoms with E-state index in [0.29, 0.717) is 0 Å². The minimum atomic E-state index is -1.59. The molecule has 0 aliphatic heterocycles. The lowest BCUT2D eigenvalue weighted by Crippen LogP contribution is -2.05. The molecule has 1 atom stereocenters. The number of benzene rings is 1. The van der Waals surface area contributed by atoms with Crippen molar-refractivity contribution in [2.45, 2.75) is 6.10 Å². The molecule has 2 nitrogen and oxygen atoms in total. The molecule has 0 bridgehead atoms. The maximum Gasteiger partial charge on any atom is 0.194 e. The van der Waals surface area contributed by atoms with E-state index in [1.165, 1.54) is 22.2 Å². The van der Waals surface area contributed by atoms with Crippen LogP contribution in [0.1, 0.15) is 17.4 Å². The van der Waals surface area contributed by atoms with Crippen LogP contribution >= 0.6 is 11.3 Å². The lowest BCUT2D eigenvalue weighted by atomic mass is 10.1. The number of hydrogen-bond acceptors (Lipinski definition) is 3. The fourth-order valence-electron chi connectivity index (χ4n) is 1.27. The highest BCUT2D eigenvalue weighted by molar-refractivity contribution is 7.07. The van der Waals surface area contributed by atoms with E-state index < -0.39 is 23.6 Å². The number of halogens is 3. The minimum absolute atomic E-state index is 0.204. The molecule has 0 aliphatic carbocycles. The molecule has 1 aromatic carbocycles. The van der Waals surface area contributed by atoms with Gasteiger partial charge in [0, 0.05) is 10.9 Å². The molecule has 6 heteroatoms. The van der Waals surface area contributed by atoms with Gasteiger partial charge in [-0.1, -0.05) is 0 Å². The van der Waals surface area contributed by atoms with Gasteiger partial charge in [-0.05, 0) is 12.1 Å². The van der Waals surface area contributed by atoms with Crippen LogP contribution in [-0.2, 0) is 0 Å². The Bertz CT molecular complexity index is 501. The molecule has 16 heavy (non-hydrogen) atoms. The van der Waals surface area contributed by atoms with Gasteiger partial charge in [0.2, 0.25) is 0 Å². The van der Waals surface area contributed by atoms with Crippen LogP contribution in [0.2, 0.25) is 0 Å². The summed E-state index contributed by atoms with van der Waals surface area (Å²) >= 11 is 1.21. The molecular weight excluding hydrogens is 239 g/mol. The average Bonchev–Trinajstić information content (AvgIpc) is 2.79. The third-order valence-electron chi connectivity index (χ3n) is 2.09. The van der Waals surface area contributed by atoms with Crippen molar-refractivity contribution >= 4 is 11.3 Å². The molecule has 0 amide bonds. The number of aromatic nitrogens is 1. The largest absolute Gasteiger partial charge is 0.382 e. The van der Waals surface area contributed by atoms with Crippen molar-refractivity contribution in [1.29, 1.82) is 0 Å². The van der Waals surface area contributed by atoms with Crippen LogP contribution in [0.5, 0.6) is 0 Å². The van der Waals surface area contributed by atoms with Crippen molar-refractivity contribution in [2.24, 2.45) is 0 Å². The average molecular weight is 245 g/mol. The first kappa shape index (κ1) is 11.1. The highest BCUT2D eigenvalue weighted by Gasteiger charge is 2.21. The number of aliphatic hydroxyl groups excluding tert-OH is 1. The zero-order valence-corrected chi connectivity index (χ0v) is 8.64. The molecule has 84 valence electrons. The maximum atomic E-state index is 13.3. The molecule has 2 rings (SSSR count). The van der Waals surface area contributed by atoms with Crippen molar-refractivity contribution in [3.63, 3.8) is 0 Å². The van der Waals surface area contributed by atoms with Gasteiger partial charge in [-0.15, -0.1) is 11.3 Å². The standard InChI is InChI=1S/C10H6F3NOS/c11-6-2-1-5(8(12)9(6)13)10(15)7-3-16-4-14-7/h1-4,10,15H. The summed E-state index contributed by atoms with van der Waals surface area (Å²) in [6.45, 7) is 0. The summed E-state index contributed by atoms with van der Waals surface area (Å²) in [6, 6.07) is 1.76. The molecule has 0 aliphatic rings. The van der Waals surface area contributed by atoms with Crippen molar-refractivity contribution < 1.29 is 18.3 Å². The molecule has 1 heterocycles. The summed E-state index contributed by atoms with van der Waals surface area (Å²) in [7, 11) is 0. The molecular formula is C10H6F3NOS. The van der Waals surface area contributed by atoms with Gasteiger partial charge < -0.3 is 5.11 Å². The summed E-state index contributed by atoms with van der Waals surface area (Å²) < 4.78 is 38.9. The topological polar surface area (TPSA) is 33.1 Å². The number of rotatable bonds is 2. The van der Waals surface area contributed by atoms with Crippen molar-refractivity contribution in [3.8, 4) is 0 Å². The Morgan fingerprint density at radius 3 is 2.56 bits per heavy atom. The lowest BCUT2D eigenvalue weighted by molar-refractivity contribution is 0.208. The molecule has 2 aromatic rings. The van der Waals surface area contributed by atoms with E-state index in [0.717, 1.165) is 12.1 Å². The number of thiazole rings is 1. The van der Waals surface area contributed by atoms with E-state index in [2.05, 4.69) is 4.98 Å². The summed E-state index contributed by atoms with van der Waals surface area (Å²) in [4.78, 5) is 3.77. The first-order valence-electron chi connectivity index (χ1n) is 4.31. The normalized spacial score (nSPS) is 12.8. The smallest absolute Gasteiger partial charge is 0.194 e. The fraction of sp³-hybridized carbons (Fsp3) is 0.100.